The third kappa shape index (κ3) is 2.29. The standard InChI is InChI=1S/C11H16N2/c12-11-7-6-10(13-11)8-9-4-2-1-3-5-9/h1-5,10-11,13H,6-8,12H2. The van der Waals surface area contributed by atoms with Crippen molar-refractivity contribution in [1.29, 1.82) is 0 Å². The largest absolute Gasteiger partial charge is 0.316 e. The van der Waals surface area contributed by atoms with E-state index in [9.17, 15) is 0 Å². The van der Waals surface area contributed by atoms with E-state index >= 15 is 0 Å². The van der Waals surface area contributed by atoms with Crippen LogP contribution < -0.4 is 11.1 Å². The number of hydrogen-bond donors (Lipinski definition) is 2. The van der Waals surface area contributed by atoms with E-state index in [1.807, 2.05) is 0 Å². The fourth-order valence-corrected chi connectivity index (χ4v) is 1.91. The van der Waals surface area contributed by atoms with Gasteiger partial charge >= 0.3 is 0 Å². The maximum atomic E-state index is 5.77. The summed E-state index contributed by atoms with van der Waals surface area (Å²) < 4.78 is 0. The van der Waals surface area contributed by atoms with Crippen LogP contribution in [0.2, 0.25) is 0 Å². The molecule has 0 saturated carbocycles. The third-order valence-electron chi connectivity index (χ3n) is 2.60. The number of nitrogens with two attached hydrogens (primary N) is 1. The first-order chi connectivity index (χ1) is 6.34. The van der Waals surface area contributed by atoms with Crippen molar-refractivity contribution in [2.45, 2.75) is 31.5 Å². The molecule has 13 heavy (non-hydrogen) atoms. The molecule has 2 heteroatoms. The minimum atomic E-state index is 0.216. The molecule has 2 atom stereocenters. The Hall–Kier alpha value is -0.860. The van der Waals surface area contributed by atoms with Crippen LogP contribution in [0.4, 0.5) is 0 Å². The summed E-state index contributed by atoms with van der Waals surface area (Å²) in [5, 5.41) is 3.38. The van der Waals surface area contributed by atoms with Crippen molar-refractivity contribution in [2.75, 3.05) is 0 Å². The van der Waals surface area contributed by atoms with E-state index in [0.29, 0.717) is 6.04 Å². The molecule has 1 fully saturated rings. The minimum absolute atomic E-state index is 0.216. The summed E-state index contributed by atoms with van der Waals surface area (Å²) in [6, 6.07) is 11.2. The molecule has 0 aliphatic carbocycles. The maximum Gasteiger partial charge on any atom is 0.0549 e. The molecule has 1 heterocycles. The minimum Gasteiger partial charge on any atom is -0.316 e. The monoisotopic (exact) mass is 176 g/mol. The van der Waals surface area contributed by atoms with E-state index in [1.165, 1.54) is 12.0 Å². The lowest BCUT2D eigenvalue weighted by Gasteiger charge is -2.11. The lowest BCUT2D eigenvalue weighted by atomic mass is 10.1. The number of benzene rings is 1. The molecule has 0 amide bonds. The topological polar surface area (TPSA) is 38.0 Å². The molecule has 0 spiro atoms. The van der Waals surface area contributed by atoms with Crippen molar-refractivity contribution in [3.8, 4) is 0 Å². The van der Waals surface area contributed by atoms with Crippen molar-refractivity contribution in [3.63, 3.8) is 0 Å². The molecule has 2 unspecified atom stereocenters. The van der Waals surface area contributed by atoms with Crippen molar-refractivity contribution < 1.29 is 0 Å². The second-order valence-electron chi connectivity index (χ2n) is 3.74. The summed E-state index contributed by atoms with van der Waals surface area (Å²) in [7, 11) is 0. The van der Waals surface area contributed by atoms with E-state index < -0.39 is 0 Å². The van der Waals surface area contributed by atoms with Gasteiger partial charge in [0.15, 0.2) is 0 Å². The van der Waals surface area contributed by atoms with Gasteiger partial charge in [-0.15, -0.1) is 0 Å². The van der Waals surface area contributed by atoms with Crippen LogP contribution in [0.5, 0.6) is 0 Å². The number of nitrogens with one attached hydrogen (secondary N) is 1. The van der Waals surface area contributed by atoms with Crippen LogP contribution in [-0.2, 0) is 6.42 Å². The fourth-order valence-electron chi connectivity index (χ4n) is 1.91. The Labute approximate surface area is 79.1 Å². The summed E-state index contributed by atoms with van der Waals surface area (Å²) >= 11 is 0. The molecule has 0 bridgehead atoms. The quantitative estimate of drug-likeness (QED) is 0.712. The Morgan fingerprint density at radius 2 is 2.00 bits per heavy atom. The van der Waals surface area contributed by atoms with Gasteiger partial charge < -0.3 is 5.73 Å². The predicted octanol–water partition coefficient (Wildman–Crippen LogP) is 1.27. The molecule has 70 valence electrons. The normalized spacial score (nSPS) is 27.8. The van der Waals surface area contributed by atoms with Crippen molar-refractivity contribution in [2.24, 2.45) is 5.73 Å². The van der Waals surface area contributed by atoms with Gasteiger partial charge in [0.2, 0.25) is 0 Å². The molecule has 1 aliphatic rings. The second kappa shape index (κ2) is 3.90. The van der Waals surface area contributed by atoms with E-state index in [-0.39, 0.29) is 6.17 Å². The molecule has 1 aromatic carbocycles. The molecule has 1 aromatic rings. The molecule has 1 aliphatic heterocycles. The van der Waals surface area contributed by atoms with Crippen LogP contribution in [-0.4, -0.2) is 12.2 Å². The molecule has 1 saturated heterocycles. The van der Waals surface area contributed by atoms with Gasteiger partial charge in [-0.25, -0.2) is 0 Å². The summed E-state index contributed by atoms with van der Waals surface area (Å²) in [6.07, 6.45) is 3.64. The third-order valence-corrected chi connectivity index (χ3v) is 2.60. The molecule has 0 aromatic heterocycles. The molecule has 2 nitrogen and oxygen atoms in total. The van der Waals surface area contributed by atoms with Crippen LogP contribution >= 0.6 is 0 Å². The SMILES string of the molecule is NC1CCC(Cc2ccccc2)N1. The molecule has 2 rings (SSSR count). The van der Waals surface area contributed by atoms with Crippen LogP contribution in [0.1, 0.15) is 18.4 Å². The highest BCUT2D eigenvalue weighted by Crippen LogP contribution is 2.13. The number of rotatable bonds is 2. The zero-order valence-electron chi connectivity index (χ0n) is 7.74. The first kappa shape index (κ1) is 8.73. The van der Waals surface area contributed by atoms with Crippen LogP contribution in [0, 0.1) is 0 Å². The van der Waals surface area contributed by atoms with Crippen LogP contribution in [0.3, 0.4) is 0 Å². The Bertz CT molecular complexity index is 258. The highest BCUT2D eigenvalue weighted by atomic mass is 15.1. The van der Waals surface area contributed by atoms with Gasteiger partial charge in [-0.2, -0.15) is 0 Å². The maximum absolute atomic E-state index is 5.77. The first-order valence-corrected chi connectivity index (χ1v) is 4.90. The summed E-state index contributed by atoms with van der Waals surface area (Å²) in [4.78, 5) is 0. The lowest BCUT2D eigenvalue weighted by molar-refractivity contribution is 0.546. The summed E-state index contributed by atoms with van der Waals surface area (Å²) in [6.45, 7) is 0. The highest BCUT2D eigenvalue weighted by molar-refractivity contribution is 5.16. The summed E-state index contributed by atoms with van der Waals surface area (Å²) in [5.41, 5.74) is 7.16. The van der Waals surface area contributed by atoms with Gasteiger partial charge in [0.25, 0.3) is 0 Å². The average Bonchev–Trinajstić information content (AvgIpc) is 2.53. The van der Waals surface area contributed by atoms with Gasteiger partial charge in [0, 0.05) is 6.04 Å². The average molecular weight is 176 g/mol. The van der Waals surface area contributed by atoms with Gasteiger partial charge in [-0.3, -0.25) is 5.32 Å². The predicted molar refractivity (Wildman–Crippen MR) is 54.3 cm³/mol. The Morgan fingerprint density at radius 1 is 1.23 bits per heavy atom. The lowest BCUT2D eigenvalue weighted by Crippen LogP contribution is -2.36. The molecular formula is C11H16N2. The van der Waals surface area contributed by atoms with E-state index in [4.69, 9.17) is 5.73 Å². The highest BCUT2D eigenvalue weighted by Gasteiger charge is 2.20. The smallest absolute Gasteiger partial charge is 0.0549 e. The van der Waals surface area contributed by atoms with E-state index in [2.05, 4.69) is 35.6 Å². The van der Waals surface area contributed by atoms with Crippen molar-refractivity contribution in [1.82, 2.24) is 5.32 Å². The number of hydrogen-bond acceptors (Lipinski definition) is 2. The molecule has 0 radical (unpaired) electrons. The van der Waals surface area contributed by atoms with E-state index in [1.54, 1.807) is 0 Å². The fraction of sp³-hybridized carbons (Fsp3) is 0.455. The van der Waals surface area contributed by atoms with Gasteiger partial charge in [0.05, 0.1) is 6.17 Å². The molecular weight excluding hydrogens is 160 g/mol. The Morgan fingerprint density at radius 3 is 2.62 bits per heavy atom. The van der Waals surface area contributed by atoms with Crippen LogP contribution in [0.25, 0.3) is 0 Å². The van der Waals surface area contributed by atoms with Crippen molar-refractivity contribution >= 4 is 0 Å². The zero-order valence-corrected chi connectivity index (χ0v) is 7.74. The van der Waals surface area contributed by atoms with Gasteiger partial charge in [0.1, 0.15) is 0 Å². The first-order valence-electron chi connectivity index (χ1n) is 4.90. The van der Waals surface area contributed by atoms with E-state index in [0.717, 1.165) is 12.8 Å². The Balaban J connectivity index is 1.92. The van der Waals surface area contributed by atoms with Gasteiger partial charge in [-0.05, 0) is 24.8 Å². The molecule has 3 N–H and O–H groups in total. The zero-order chi connectivity index (χ0) is 9.10. The van der Waals surface area contributed by atoms with Crippen molar-refractivity contribution in [3.05, 3.63) is 35.9 Å². The summed E-state index contributed by atoms with van der Waals surface area (Å²) in [5.74, 6) is 0. The Kier molecular flexibility index (Phi) is 2.62. The second-order valence-corrected chi connectivity index (χ2v) is 3.74. The van der Waals surface area contributed by atoms with Crippen LogP contribution in [0.15, 0.2) is 30.3 Å². The van der Waals surface area contributed by atoms with Gasteiger partial charge in [-0.1, -0.05) is 30.3 Å².